The minimum Gasteiger partial charge on any atom is -0.380 e. The molecular formula is C23H30N2O4S. The minimum atomic E-state index is -3.74. The third-order valence-electron chi connectivity index (χ3n) is 5.40. The van der Waals surface area contributed by atoms with Crippen molar-refractivity contribution in [3.8, 4) is 0 Å². The molecule has 1 N–H and O–H groups in total. The molecule has 1 saturated heterocycles. The van der Waals surface area contributed by atoms with Gasteiger partial charge < -0.3 is 10.1 Å². The van der Waals surface area contributed by atoms with Crippen molar-refractivity contribution in [1.29, 1.82) is 0 Å². The maximum absolute atomic E-state index is 13.5. The lowest BCUT2D eigenvalue weighted by Crippen LogP contribution is -2.48. The third kappa shape index (κ3) is 5.28. The Kier molecular flexibility index (Phi) is 7.64. The van der Waals surface area contributed by atoms with E-state index in [1.165, 1.54) is 4.31 Å². The van der Waals surface area contributed by atoms with Crippen molar-refractivity contribution in [1.82, 2.24) is 9.62 Å². The lowest BCUT2D eigenvalue weighted by molar-refractivity contribution is -0.127. The first-order valence-electron chi connectivity index (χ1n) is 10.4. The molecule has 3 atom stereocenters. The van der Waals surface area contributed by atoms with Crippen LogP contribution in [0, 0.1) is 5.92 Å². The van der Waals surface area contributed by atoms with Crippen LogP contribution in [-0.4, -0.2) is 44.4 Å². The van der Waals surface area contributed by atoms with E-state index in [2.05, 4.69) is 5.32 Å². The lowest BCUT2D eigenvalue weighted by atomic mass is 9.90. The van der Waals surface area contributed by atoms with Crippen LogP contribution in [0.4, 0.5) is 0 Å². The van der Waals surface area contributed by atoms with E-state index in [4.69, 9.17) is 4.74 Å². The summed E-state index contributed by atoms with van der Waals surface area (Å²) < 4.78 is 33.8. The van der Waals surface area contributed by atoms with Crippen LogP contribution in [0.25, 0.3) is 0 Å². The zero-order valence-corrected chi connectivity index (χ0v) is 18.3. The molecule has 0 saturated carbocycles. The summed E-state index contributed by atoms with van der Waals surface area (Å²) in [6.07, 6.45) is 1.22. The van der Waals surface area contributed by atoms with Crippen LogP contribution in [0.2, 0.25) is 0 Å². The fourth-order valence-corrected chi connectivity index (χ4v) is 5.56. The van der Waals surface area contributed by atoms with Crippen molar-refractivity contribution in [3.63, 3.8) is 0 Å². The lowest BCUT2D eigenvalue weighted by Gasteiger charge is -2.38. The van der Waals surface area contributed by atoms with Crippen molar-refractivity contribution < 1.29 is 17.9 Å². The summed E-state index contributed by atoms with van der Waals surface area (Å²) in [5.74, 6) is -0.519. The molecule has 0 radical (unpaired) electrons. The SMILES string of the molecule is CCOCC(C)NC(=O)[C@@H]1CC[C@H](c2ccccc2)N(S(=O)(=O)c2ccccc2)C1. The van der Waals surface area contributed by atoms with Gasteiger partial charge >= 0.3 is 0 Å². The molecule has 6 nitrogen and oxygen atoms in total. The van der Waals surface area contributed by atoms with Crippen molar-refractivity contribution in [2.75, 3.05) is 19.8 Å². The molecule has 1 heterocycles. The summed E-state index contributed by atoms with van der Waals surface area (Å²) in [4.78, 5) is 13.1. The number of carbonyl (C=O) groups is 1. The summed E-state index contributed by atoms with van der Waals surface area (Å²) in [5, 5.41) is 2.97. The molecule has 7 heteroatoms. The molecule has 0 aliphatic carbocycles. The summed E-state index contributed by atoms with van der Waals surface area (Å²) in [5.41, 5.74) is 0.945. The number of rotatable bonds is 8. The van der Waals surface area contributed by atoms with Crippen LogP contribution in [-0.2, 0) is 19.6 Å². The van der Waals surface area contributed by atoms with E-state index in [-0.39, 0.29) is 29.4 Å². The van der Waals surface area contributed by atoms with E-state index in [1.807, 2.05) is 44.2 Å². The van der Waals surface area contributed by atoms with E-state index in [1.54, 1.807) is 30.3 Å². The predicted molar refractivity (Wildman–Crippen MR) is 116 cm³/mol. The van der Waals surface area contributed by atoms with E-state index in [0.717, 1.165) is 5.56 Å². The van der Waals surface area contributed by atoms with Gasteiger partial charge in [0, 0.05) is 19.2 Å². The van der Waals surface area contributed by atoms with Crippen LogP contribution in [0.1, 0.15) is 38.3 Å². The number of hydrogen-bond donors (Lipinski definition) is 1. The van der Waals surface area contributed by atoms with E-state index in [0.29, 0.717) is 26.1 Å². The van der Waals surface area contributed by atoms with Crippen LogP contribution in [0.15, 0.2) is 65.6 Å². The molecular weight excluding hydrogens is 400 g/mol. The Morgan fingerprint density at radius 2 is 1.73 bits per heavy atom. The maximum atomic E-state index is 13.5. The Labute approximate surface area is 179 Å². The van der Waals surface area contributed by atoms with Gasteiger partial charge in [0.1, 0.15) is 0 Å². The largest absolute Gasteiger partial charge is 0.380 e. The van der Waals surface area contributed by atoms with Gasteiger partial charge in [0.2, 0.25) is 15.9 Å². The highest BCUT2D eigenvalue weighted by Crippen LogP contribution is 2.37. The van der Waals surface area contributed by atoms with Crippen molar-refractivity contribution in [3.05, 3.63) is 66.2 Å². The molecule has 0 spiro atoms. The molecule has 2 aromatic carbocycles. The number of nitrogens with one attached hydrogen (secondary N) is 1. The number of amides is 1. The molecule has 30 heavy (non-hydrogen) atoms. The Balaban J connectivity index is 1.84. The molecule has 0 aromatic heterocycles. The molecule has 0 bridgehead atoms. The second kappa shape index (κ2) is 10.2. The number of carbonyl (C=O) groups excluding carboxylic acids is 1. The van der Waals surface area contributed by atoms with Gasteiger partial charge in [0.05, 0.1) is 23.5 Å². The number of benzene rings is 2. The Morgan fingerprint density at radius 3 is 2.37 bits per heavy atom. The van der Waals surface area contributed by atoms with Gasteiger partial charge in [-0.1, -0.05) is 48.5 Å². The fourth-order valence-electron chi connectivity index (χ4n) is 3.85. The number of piperidine rings is 1. The zero-order valence-electron chi connectivity index (χ0n) is 17.5. The van der Waals surface area contributed by atoms with E-state index >= 15 is 0 Å². The van der Waals surface area contributed by atoms with Gasteiger partial charge in [-0.05, 0) is 44.4 Å². The quantitative estimate of drug-likeness (QED) is 0.697. The average molecular weight is 431 g/mol. The molecule has 1 amide bonds. The Hall–Kier alpha value is -2.22. The topological polar surface area (TPSA) is 75.7 Å². The molecule has 1 unspecified atom stereocenters. The monoisotopic (exact) mass is 430 g/mol. The zero-order chi connectivity index (χ0) is 21.6. The van der Waals surface area contributed by atoms with E-state index in [9.17, 15) is 13.2 Å². The highest BCUT2D eigenvalue weighted by molar-refractivity contribution is 7.89. The first kappa shape index (κ1) is 22.5. The molecule has 1 aliphatic rings. The first-order valence-corrected chi connectivity index (χ1v) is 11.9. The van der Waals surface area contributed by atoms with Crippen molar-refractivity contribution in [2.24, 2.45) is 5.92 Å². The second-order valence-corrected chi connectivity index (χ2v) is 9.55. The molecule has 2 aromatic rings. The standard InChI is InChI=1S/C23H30N2O4S/c1-3-29-17-18(2)24-23(26)20-14-15-22(19-10-6-4-7-11-19)25(16-20)30(27,28)21-12-8-5-9-13-21/h4-13,18,20,22H,3,14-17H2,1-2H3,(H,24,26)/t18?,20-,22-/m1/s1. The molecule has 1 fully saturated rings. The van der Waals surface area contributed by atoms with Crippen molar-refractivity contribution in [2.45, 2.75) is 43.7 Å². The van der Waals surface area contributed by atoms with Crippen LogP contribution >= 0.6 is 0 Å². The fraction of sp³-hybridized carbons (Fsp3) is 0.435. The third-order valence-corrected chi connectivity index (χ3v) is 7.29. The van der Waals surface area contributed by atoms with Gasteiger partial charge in [-0.3, -0.25) is 4.79 Å². The average Bonchev–Trinajstić information content (AvgIpc) is 2.78. The predicted octanol–water partition coefficient (Wildman–Crippen LogP) is 3.37. The smallest absolute Gasteiger partial charge is 0.243 e. The van der Waals surface area contributed by atoms with Gasteiger partial charge in [0.15, 0.2) is 0 Å². The number of nitrogens with zero attached hydrogens (tertiary/aromatic N) is 1. The van der Waals surface area contributed by atoms with Gasteiger partial charge in [0.25, 0.3) is 0 Å². The normalized spacial score (nSPS) is 21.1. The van der Waals surface area contributed by atoms with Gasteiger partial charge in [-0.25, -0.2) is 8.42 Å². The summed E-state index contributed by atoms with van der Waals surface area (Å²) in [6.45, 7) is 4.98. The molecule has 3 rings (SSSR count). The highest BCUT2D eigenvalue weighted by atomic mass is 32.2. The maximum Gasteiger partial charge on any atom is 0.243 e. The first-order chi connectivity index (χ1) is 14.4. The Morgan fingerprint density at radius 1 is 1.10 bits per heavy atom. The number of hydrogen-bond acceptors (Lipinski definition) is 4. The number of sulfonamides is 1. The minimum absolute atomic E-state index is 0.122. The molecule has 162 valence electrons. The number of ether oxygens (including phenoxy) is 1. The Bertz CT molecular complexity index is 919. The van der Waals surface area contributed by atoms with Gasteiger partial charge in [-0.2, -0.15) is 4.31 Å². The second-order valence-electron chi connectivity index (χ2n) is 7.66. The summed E-state index contributed by atoms with van der Waals surface area (Å²) in [7, 11) is -3.74. The summed E-state index contributed by atoms with van der Waals surface area (Å²) in [6, 6.07) is 17.7. The molecule has 1 aliphatic heterocycles. The van der Waals surface area contributed by atoms with Crippen LogP contribution in [0.3, 0.4) is 0 Å². The van der Waals surface area contributed by atoms with Crippen molar-refractivity contribution >= 4 is 15.9 Å². The van der Waals surface area contributed by atoms with Gasteiger partial charge in [-0.15, -0.1) is 0 Å². The van der Waals surface area contributed by atoms with E-state index < -0.39 is 15.9 Å². The van der Waals surface area contributed by atoms with Crippen LogP contribution < -0.4 is 5.32 Å². The van der Waals surface area contributed by atoms with Crippen LogP contribution in [0.5, 0.6) is 0 Å². The highest BCUT2D eigenvalue weighted by Gasteiger charge is 2.40. The summed E-state index contributed by atoms with van der Waals surface area (Å²) >= 11 is 0.